The summed E-state index contributed by atoms with van der Waals surface area (Å²) in [6.07, 6.45) is 18.8. The molecule has 0 fully saturated rings. The number of hydrogen-bond acceptors (Lipinski definition) is 0. The summed E-state index contributed by atoms with van der Waals surface area (Å²) in [5.41, 5.74) is 0. The van der Waals surface area contributed by atoms with Crippen molar-refractivity contribution in [3.05, 3.63) is 26.0 Å². The van der Waals surface area contributed by atoms with Gasteiger partial charge < -0.3 is 0 Å². The Morgan fingerprint density at radius 1 is 0.765 bits per heavy atom. The van der Waals surface area contributed by atoms with Crippen LogP contribution in [0.5, 0.6) is 0 Å². The summed E-state index contributed by atoms with van der Waals surface area (Å²) in [5, 5.41) is 0. The molecule has 0 heteroatoms. The molecular weight excluding hydrogens is 204 g/mol. The Morgan fingerprint density at radius 2 is 1.41 bits per heavy atom. The summed E-state index contributed by atoms with van der Waals surface area (Å²) in [6.45, 7) is 10.1. The molecule has 0 aliphatic carbocycles. The van der Waals surface area contributed by atoms with Gasteiger partial charge in [0.1, 0.15) is 0 Å². The van der Waals surface area contributed by atoms with Crippen molar-refractivity contribution in [1.29, 1.82) is 0 Å². The van der Waals surface area contributed by atoms with Gasteiger partial charge in [-0.05, 0) is 31.6 Å². The van der Waals surface area contributed by atoms with Crippen molar-refractivity contribution in [3.8, 4) is 0 Å². The molecule has 0 aromatic rings. The molecule has 17 heavy (non-hydrogen) atoms. The van der Waals surface area contributed by atoms with Crippen LogP contribution in [0.4, 0.5) is 0 Å². The van der Waals surface area contributed by atoms with E-state index in [0.717, 1.165) is 25.2 Å². The maximum Gasteiger partial charge on any atom is -0.0351 e. The molecule has 0 saturated heterocycles. The van der Waals surface area contributed by atoms with Crippen LogP contribution in [0.3, 0.4) is 0 Å². The van der Waals surface area contributed by atoms with E-state index in [4.69, 9.17) is 0 Å². The zero-order chi connectivity index (χ0) is 12.8. The van der Waals surface area contributed by atoms with Gasteiger partial charge in [-0.15, -0.1) is 0 Å². The first-order chi connectivity index (χ1) is 8.31. The van der Waals surface area contributed by atoms with Crippen LogP contribution in [-0.4, -0.2) is 0 Å². The minimum atomic E-state index is 0.911. The van der Waals surface area contributed by atoms with Crippen molar-refractivity contribution in [2.75, 3.05) is 0 Å². The standard InChI is InChI=1S/C17H32/c1-4-6-8-9-10-11-12-13-14-16-17(3)15-7-5-2/h8-9,17H,1-2,4-7,10-16H2,3H3. The van der Waals surface area contributed by atoms with Crippen LogP contribution >= 0.6 is 0 Å². The third-order valence-corrected chi connectivity index (χ3v) is 3.30. The molecule has 0 bridgehead atoms. The van der Waals surface area contributed by atoms with E-state index in [-0.39, 0.29) is 0 Å². The highest BCUT2D eigenvalue weighted by Crippen LogP contribution is 2.16. The SMILES string of the molecule is [CH2]CCC=CCCCCCCC(C)CCC[CH2]. The van der Waals surface area contributed by atoms with Gasteiger partial charge in [0.25, 0.3) is 0 Å². The van der Waals surface area contributed by atoms with Gasteiger partial charge in [-0.1, -0.05) is 77.9 Å². The lowest BCUT2D eigenvalue weighted by molar-refractivity contribution is 0.447. The molecule has 0 amide bonds. The first-order valence-electron chi connectivity index (χ1n) is 7.54. The highest BCUT2D eigenvalue weighted by Gasteiger charge is 2.00. The average Bonchev–Trinajstić information content (AvgIpc) is 2.34. The summed E-state index contributed by atoms with van der Waals surface area (Å²) >= 11 is 0. The van der Waals surface area contributed by atoms with Crippen LogP contribution in [0.1, 0.15) is 77.6 Å². The monoisotopic (exact) mass is 236 g/mol. The van der Waals surface area contributed by atoms with Crippen LogP contribution in [0.15, 0.2) is 12.2 Å². The van der Waals surface area contributed by atoms with Crippen molar-refractivity contribution in [3.63, 3.8) is 0 Å². The normalized spacial score (nSPS) is 13.4. The van der Waals surface area contributed by atoms with Crippen molar-refractivity contribution in [2.45, 2.75) is 77.6 Å². The van der Waals surface area contributed by atoms with Gasteiger partial charge in [-0.2, -0.15) is 0 Å². The van der Waals surface area contributed by atoms with Crippen LogP contribution in [0.2, 0.25) is 0 Å². The maximum atomic E-state index is 3.90. The van der Waals surface area contributed by atoms with Gasteiger partial charge in [-0.25, -0.2) is 0 Å². The Kier molecular flexibility index (Phi) is 13.6. The molecule has 0 rings (SSSR count). The van der Waals surface area contributed by atoms with E-state index in [2.05, 4.69) is 32.9 Å². The predicted octanol–water partition coefficient (Wildman–Crippen LogP) is 6.14. The van der Waals surface area contributed by atoms with Crippen LogP contribution in [-0.2, 0) is 0 Å². The second-order valence-corrected chi connectivity index (χ2v) is 5.21. The predicted molar refractivity (Wildman–Crippen MR) is 79.8 cm³/mol. The molecule has 0 spiro atoms. The van der Waals surface area contributed by atoms with Crippen molar-refractivity contribution in [2.24, 2.45) is 5.92 Å². The zero-order valence-corrected chi connectivity index (χ0v) is 11.9. The molecule has 0 aromatic heterocycles. The smallest absolute Gasteiger partial charge is 0.0351 e. The highest BCUT2D eigenvalue weighted by molar-refractivity contribution is 4.81. The molecule has 2 radical (unpaired) electrons. The maximum absolute atomic E-state index is 3.90. The van der Waals surface area contributed by atoms with Gasteiger partial charge in [0.2, 0.25) is 0 Å². The second-order valence-electron chi connectivity index (χ2n) is 5.21. The Balaban J connectivity index is 3.12. The quantitative estimate of drug-likeness (QED) is 0.282. The van der Waals surface area contributed by atoms with Crippen molar-refractivity contribution < 1.29 is 0 Å². The number of hydrogen-bond donors (Lipinski definition) is 0. The van der Waals surface area contributed by atoms with Gasteiger partial charge >= 0.3 is 0 Å². The molecular formula is C17H32. The molecule has 1 atom stereocenters. The number of rotatable bonds is 12. The van der Waals surface area contributed by atoms with E-state index >= 15 is 0 Å². The largest absolute Gasteiger partial charge is 0.0885 e. The van der Waals surface area contributed by atoms with E-state index < -0.39 is 0 Å². The van der Waals surface area contributed by atoms with E-state index in [1.54, 1.807) is 0 Å². The third kappa shape index (κ3) is 13.7. The minimum Gasteiger partial charge on any atom is -0.0885 e. The summed E-state index contributed by atoms with van der Waals surface area (Å²) in [5.74, 6) is 0.911. The lowest BCUT2D eigenvalue weighted by Gasteiger charge is -2.09. The van der Waals surface area contributed by atoms with Crippen LogP contribution in [0.25, 0.3) is 0 Å². The third-order valence-electron chi connectivity index (χ3n) is 3.30. The number of allylic oxidation sites excluding steroid dienone is 2. The Labute approximate surface area is 110 Å². The molecule has 0 aliphatic rings. The van der Waals surface area contributed by atoms with Crippen molar-refractivity contribution in [1.82, 2.24) is 0 Å². The lowest BCUT2D eigenvalue weighted by atomic mass is 9.97. The van der Waals surface area contributed by atoms with Gasteiger partial charge in [-0.3, -0.25) is 0 Å². The molecule has 0 heterocycles. The van der Waals surface area contributed by atoms with Gasteiger partial charge in [0.05, 0.1) is 0 Å². The Bertz CT molecular complexity index is 157. The summed E-state index contributed by atoms with van der Waals surface area (Å²) in [4.78, 5) is 0. The summed E-state index contributed by atoms with van der Waals surface area (Å²) in [6, 6.07) is 0. The fraction of sp³-hybridized carbons (Fsp3) is 0.765. The molecule has 0 N–H and O–H groups in total. The van der Waals surface area contributed by atoms with Crippen molar-refractivity contribution >= 4 is 0 Å². The minimum absolute atomic E-state index is 0.911. The molecule has 0 nitrogen and oxygen atoms in total. The van der Waals surface area contributed by atoms with E-state index in [1.807, 2.05) is 0 Å². The lowest BCUT2D eigenvalue weighted by Crippen LogP contribution is -1.94. The molecule has 0 aromatic carbocycles. The summed E-state index contributed by atoms with van der Waals surface area (Å²) < 4.78 is 0. The topological polar surface area (TPSA) is 0 Å². The number of unbranched alkanes of at least 4 members (excludes halogenated alkanes) is 6. The van der Waals surface area contributed by atoms with Gasteiger partial charge in [0, 0.05) is 0 Å². The highest BCUT2D eigenvalue weighted by atomic mass is 14.1. The molecule has 0 saturated carbocycles. The second kappa shape index (κ2) is 13.8. The first kappa shape index (κ1) is 16.7. The van der Waals surface area contributed by atoms with E-state index in [9.17, 15) is 0 Å². The molecule has 100 valence electrons. The summed E-state index contributed by atoms with van der Waals surface area (Å²) in [7, 11) is 0. The van der Waals surface area contributed by atoms with Crippen LogP contribution in [0, 0.1) is 19.8 Å². The van der Waals surface area contributed by atoms with Gasteiger partial charge in [0.15, 0.2) is 0 Å². The zero-order valence-electron chi connectivity index (χ0n) is 11.9. The fourth-order valence-corrected chi connectivity index (χ4v) is 2.10. The van der Waals surface area contributed by atoms with E-state index in [0.29, 0.717) is 0 Å². The first-order valence-corrected chi connectivity index (χ1v) is 7.54. The van der Waals surface area contributed by atoms with E-state index in [1.165, 1.54) is 51.4 Å². The fourth-order valence-electron chi connectivity index (χ4n) is 2.10. The molecule has 1 unspecified atom stereocenters. The average molecular weight is 236 g/mol. The molecule has 0 aliphatic heterocycles. The Morgan fingerprint density at radius 3 is 2.12 bits per heavy atom. The van der Waals surface area contributed by atoms with Crippen LogP contribution < -0.4 is 0 Å². The Hall–Kier alpha value is -0.260.